The minimum absolute atomic E-state index is 0.281. The van der Waals surface area contributed by atoms with Gasteiger partial charge in [-0.1, -0.05) is 31.1 Å². The second-order valence-corrected chi connectivity index (χ2v) is 8.82. The van der Waals surface area contributed by atoms with E-state index in [-0.39, 0.29) is 5.92 Å². The zero-order valence-corrected chi connectivity index (χ0v) is 18.6. The molecular formula is C23H28N4O2S. The Kier molecular flexibility index (Phi) is 6.57. The number of thioether (sulfide) groups is 1. The highest BCUT2D eigenvalue weighted by molar-refractivity contribution is 7.98. The summed E-state index contributed by atoms with van der Waals surface area (Å²) in [5.41, 5.74) is 2.08. The zero-order chi connectivity index (χ0) is 20.9. The first kappa shape index (κ1) is 20.7. The minimum Gasteiger partial charge on any atom is -0.492 e. The van der Waals surface area contributed by atoms with Gasteiger partial charge in [0.1, 0.15) is 5.75 Å². The summed E-state index contributed by atoms with van der Waals surface area (Å²) in [4.78, 5) is 12.5. The second-order valence-electron chi connectivity index (χ2n) is 7.94. The molecule has 0 unspecified atom stereocenters. The molecule has 0 amide bonds. The summed E-state index contributed by atoms with van der Waals surface area (Å²) >= 11 is 1.74. The maximum absolute atomic E-state index is 6.01. The van der Waals surface area contributed by atoms with E-state index in [9.17, 15) is 0 Å². The molecule has 1 saturated heterocycles. The van der Waals surface area contributed by atoms with Gasteiger partial charge in [0.15, 0.2) is 5.82 Å². The average molecular weight is 425 g/mol. The highest BCUT2D eigenvalue weighted by Gasteiger charge is 2.24. The quantitative estimate of drug-likeness (QED) is 0.479. The smallest absolute Gasteiger partial charge is 0.324 e. The third-order valence-corrected chi connectivity index (χ3v) is 6.18. The van der Waals surface area contributed by atoms with E-state index in [0.29, 0.717) is 18.5 Å². The largest absolute Gasteiger partial charge is 0.492 e. The molecule has 0 spiro atoms. The SMILES string of the molecule is CSc1ccc(-c2ccc(OCC3CCN(c4nc(C(C)C)no4)CC3)cn2)cc1. The lowest BCUT2D eigenvalue weighted by Crippen LogP contribution is -2.35. The van der Waals surface area contributed by atoms with E-state index in [2.05, 4.69) is 64.4 Å². The van der Waals surface area contributed by atoms with Gasteiger partial charge in [-0.25, -0.2) is 0 Å². The van der Waals surface area contributed by atoms with Gasteiger partial charge in [0.25, 0.3) is 0 Å². The number of piperidine rings is 1. The van der Waals surface area contributed by atoms with Gasteiger partial charge >= 0.3 is 6.01 Å². The van der Waals surface area contributed by atoms with Crippen LogP contribution in [0, 0.1) is 5.92 Å². The van der Waals surface area contributed by atoms with Crippen LogP contribution in [-0.2, 0) is 0 Å². The Bertz CT molecular complexity index is 933. The van der Waals surface area contributed by atoms with Gasteiger partial charge < -0.3 is 14.2 Å². The number of hydrogen-bond donors (Lipinski definition) is 0. The summed E-state index contributed by atoms with van der Waals surface area (Å²) in [5, 5.41) is 4.06. The Hall–Kier alpha value is -2.54. The first-order chi connectivity index (χ1) is 14.6. The van der Waals surface area contributed by atoms with Crippen molar-refractivity contribution in [3.8, 4) is 17.0 Å². The predicted octanol–water partition coefficient (Wildman–Crippen LogP) is 5.27. The molecule has 0 bridgehead atoms. The fourth-order valence-electron chi connectivity index (χ4n) is 3.49. The third-order valence-electron chi connectivity index (χ3n) is 5.44. The van der Waals surface area contributed by atoms with Crippen LogP contribution in [0.15, 0.2) is 52.0 Å². The molecule has 0 radical (unpaired) electrons. The first-order valence-electron chi connectivity index (χ1n) is 10.4. The summed E-state index contributed by atoms with van der Waals surface area (Å²) in [6, 6.07) is 13.1. The topological polar surface area (TPSA) is 64.3 Å². The lowest BCUT2D eigenvalue weighted by molar-refractivity contribution is 0.219. The molecule has 1 aliphatic rings. The van der Waals surface area contributed by atoms with Crippen LogP contribution < -0.4 is 9.64 Å². The Balaban J connectivity index is 1.26. The molecule has 4 rings (SSSR count). The van der Waals surface area contributed by atoms with E-state index in [0.717, 1.165) is 48.8 Å². The third kappa shape index (κ3) is 4.95. The zero-order valence-electron chi connectivity index (χ0n) is 17.7. The van der Waals surface area contributed by atoms with Crippen molar-refractivity contribution in [1.82, 2.24) is 15.1 Å². The van der Waals surface area contributed by atoms with Crippen LogP contribution in [0.3, 0.4) is 0 Å². The number of benzene rings is 1. The normalized spacial score (nSPS) is 15.0. The molecule has 0 saturated carbocycles. The molecule has 3 aromatic rings. The van der Waals surface area contributed by atoms with Crippen LogP contribution >= 0.6 is 11.8 Å². The van der Waals surface area contributed by atoms with Crippen molar-refractivity contribution < 1.29 is 9.26 Å². The molecule has 1 fully saturated rings. The van der Waals surface area contributed by atoms with Crippen LogP contribution in [0.2, 0.25) is 0 Å². The molecule has 158 valence electrons. The van der Waals surface area contributed by atoms with Crippen molar-refractivity contribution in [3.63, 3.8) is 0 Å². The molecule has 1 aliphatic heterocycles. The van der Waals surface area contributed by atoms with Gasteiger partial charge in [-0.15, -0.1) is 11.8 Å². The van der Waals surface area contributed by atoms with Crippen LogP contribution in [-0.4, -0.2) is 41.1 Å². The van der Waals surface area contributed by atoms with Crippen LogP contribution in [0.1, 0.15) is 38.4 Å². The lowest BCUT2D eigenvalue weighted by Gasteiger charge is -2.30. The Labute approximate surface area is 182 Å². The van der Waals surface area contributed by atoms with E-state index >= 15 is 0 Å². The maximum atomic E-state index is 6.01. The number of aromatic nitrogens is 3. The molecule has 0 aliphatic carbocycles. The van der Waals surface area contributed by atoms with E-state index in [1.807, 2.05) is 18.3 Å². The van der Waals surface area contributed by atoms with E-state index in [1.54, 1.807) is 11.8 Å². The average Bonchev–Trinajstić information content (AvgIpc) is 3.29. The fraction of sp³-hybridized carbons (Fsp3) is 0.435. The van der Waals surface area contributed by atoms with Gasteiger partial charge in [0, 0.05) is 29.5 Å². The number of hydrogen-bond acceptors (Lipinski definition) is 7. The van der Waals surface area contributed by atoms with Gasteiger partial charge in [0.2, 0.25) is 0 Å². The van der Waals surface area contributed by atoms with Gasteiger partial charge in [-0.3, -0.25) is 4.98 Å². The lowest BCUT2D eigenvalue weighted by atomic mass is 9.98. The Morgan fingerprint density at radius 1 is 1.13 bits per heavy atom. The molecule has 30 heavy (non-hydrogen) atoms. The van der Waals surface area contributed by atoms with Crippen molar-refractivity contribution in [2.45, 2.75) is 37.5 Å². The highest BCUT2D eigenvalue weighted by atomic mass is 32.2. The minimum atomic E-state index is 0.281. The summed E-state index contributed by atoms with van der Waals surface area (Å²) in [6.07, 6.45) is 6.00. The number of nitrogens with zero attached hydrogens (tertiary/aromatic N) is 4. The molecule has 0 N–H and O–H groups in total. The second kappa shape index (κ2) is 9.51. The van der Waals surface area contributed by atoms with Crippen molar-refractivity contribution in [1.29, 1.82) is 0 Å². The van der Waals surface area contributed by atoms with Crippen molar-refractivity contribution in [3.05, 3.63) is 48.4 Å². The molecule has 6 nitrogen and oxygen atoms in total. The molecule has 3 heterocycles. The molecule has 1 aromatic carbocycles. The standard InChI is InChI=1S/C23H28N4O2S/c1-16(2)22-25-23(29-26-22)27-12-10-17(11-13-27)15-28-19-6-9-21(24-14-19)18-4-7-20(30-3)8-5-18/h4-9,14,16-17H,10-13,15H2,1-3H3. The summed E-state index contributed by atoms with van der Waals surface area (Å²) in [5.74, 6) is 2.39. The number of rotatable bonds is 7. The highest BCUT2D eigenvalue weighted by Crippen LogP contribution is 2.26. The van der Waals surface area contributed by atoms with Gasteiger partial charge in [-0.2, -0.15) is 4.98 Å². The number of anilines is 1. The molecule has 2 aromatic heterocycles. The van der Waals surface area contributed by atoms with Gasteiger partial charge in [0.05, 0.1) is 18.5 Å². The maximum Gasteiger partial charge on any atom is 0.324 e. The molecule has 0 atom stereocenters. The summed E-state index contributed by atoms with van der Waals surface area (Å²) < 4.78 is 11.4. The monoisotopic (exact) mass is 424 g/mol. The van der Waals surface area contributed by atoms with E-state index in [1.165, 1.54) is 4.90 Å². The summed E-state index contributed by atoms with van der Waals surface area (Å²) in [7, 11) is 0. The van der Waals surface area contributed by atoms with Crippen molar-refractivity contribution in [2.75, 3.05) is 30.9 Å². The Morgan fingerprint density at radius 3 is 2.50 bits per heavy atom. The number of ether oxygens (including phenoxy) is 1. The first-order valence-corrected chi connectivity index (χ1v) is 11.7. The van der Waals surface area contributed by atoms with Crippen LogP contribution in [0.4, 0.5) is 6.01 Å². The van der Waals surface area contributed by atoms with Gasteiger partial charge in [-0.05, 0) is 49.3 Å². The van der Waals surface area contributed by atoms with E-state index in [4.69, 9.17) is 9.26 Å². The number of pyridine rings is 1. The Morgan fingerprint density at radius 2 is 1.90 bits per heavy atom. The fourth-order valence-corrected chi connectivity index (χ4v) is 3.90. The van der Waals surface area contributed by atoms with E-state index < -0.39 is 0 Å². The molecular weight excluding hydrogens is 396 g/mol. The van der Waals surface area contributed by atoms with Crippen LogP contribution in [0.25, 0.3) is 11.3 Å². The summed E-state index contributed by atoms with van der Waals surface area (Å²) in [6.45, 7) is 6.67. The van der Waals surface area contributed by atoms with Crippen molar-refractivity contribution in [2.24, 2.45) is 5.92 Å². The van der Waals surface area contributed by atoms with Crippen molar-refractivity contribution >= 4 is 17.8 Å². The molecule has 7 heteroatoms. The van der Waals surface area contributed by atoms with Crippen LogP contribution in [0.5, 0.6) is 5.75 Å². The predicted molar refractivity (Wildman–Crippen MR) is 120 cm³/mol.